The van der Waals surface area contributed by atoms with E-state index < -0.39 is 247 Å². The molecule has 4 heterocycles. The Labute approximate surface area is 617 Å². The van der Waals surface area contributed by atoms with Crippen molar-refractivity contribution in [2.24, 2.45) is 35.1 Å². The van der Waals surface area contributed by atoms with Gasteiger partial charge in [-0.3, -0.25) is 76.7 Å². The molecule has 6 rings (SSSR count). The molecule has 4 aliphatic heterocycles. The third kappa shape index (κ3) is 27.2. The van der Waals surface area contributed by atoms with Crippen molar-refractivity contribution in [1.29, 1.82) is 0 Å². The van der Waals surface area contributed by atoms with Crippen molar-refractivity contribution in [2.45, 2.75) is 165 Å². The first-order valence-corrected chi connectivity index (χ1v) is 40.8. The molecule has 4 bridgehead atoms. The van der Waals surface area contributed by atoms with Gasteiger partial charge in [-0.1, -0.05) is 89.0 Å². The fourth-order valence-electron chi connectivity index (χ4n) is 11.4. The van der Waals surface area contributed by atoms with Crippen LogP contribution in [0.4, 0.5) is 0 Å². The summed E-state index contributed by atoms with van der Waals surface area (Å²) in [5.41, 5.74) is 13.1. The van der Waals surface area contributed by atoms with Crippen LogP contribution in [-0.4, -0.2) is 227 Å². The maximum absolute atomic E-state index is 15.2. The number of phenols is 2. The predicted molar refractivity (Wildman–Crippen MR) is 386 cm³/mol. The zero-order chi connectivity index (χ0) is 75.6. The summed E-state index contributed by atoms with van der Waals surface area (Å²) in [6.07, 6.45) is -7.74. The SMILES string of the molecule is CCOC(=O)[C@@H](CC(=O)[C@H]1CSSC[C@H]2NC(=O)[C@H](Cc3ccc(O)cc3)CC(=O)[C@H](CCC(=O)O)NC(=O)[C@@H]3CSSC[C@H](CC(=O)[C@H](C)NC(=O)C4CCCN4C(=O)[C@H](CC(N)=O)NC(=O)[C@H](CSSC[C@H](N)C(=O)C3)NC2=O)C(=O)N[C@@H]([C@H](C)O)C(=O)CCC(=O)N1)Cc1ccc(O)cc1. The fourth-order valence-corrected chi connectivity index (χ4v) is 18.7. The minimum atomic E-state index is -1.81. The normalized spacial score (nSPS) is 27.4. The number of carboxylic acid groups (broad SMARTS) is 1. The number of ether oxygens (including phenoxy) is 1. The Morgan fingerprint density at radius 2 is 1.17 bits per heavy atom. The number of aromatic hydroxyl groups is 2. The number of rotatable bonds is 15. The molecular formula is C66H88N10O21S6. The van der Waals surface area contributed by atoms with E-state index in [4.69, 9.17) is 16.2 Å². The number of hydrogen-bond acceptors (Lipinski definition) is 27. The molecule has 0 aliphatic carbocycles. The first-order chi connectivity index (χ1) is 48.9. The molecule has 4 aliphatic rings. The van der Waals surface area contributed by atoms with Crippen molar-refractivity contribution >= 4 is 159 Å². The van der Waals surface area contributed by atoms with Gasteiger partial charge in [0.05, 0.1) is 61.1 Å². The summed E-state index contributed by atoms with van der Waals surface area (Å²) < 4.78 is 5.35. The van der Waals surface area contributed by atoms with Crippen LogP contribution in [-0.2, 0) is 94.3 Å². The van der Waals surface area contributed by atoms with Gasteiger partial charge in [0.15, 0.2) is 28.9 Å². The minimum Gasteiger partial charge on any atom is -0.508 e. The van der Waals surface area contributed by atoms with E-state index in [2.05, 4.69) is 37.2 Å². The van der Waals surface area contributed by atoms with Gasteiger partial charge in [0, 0.05) is 91.9 Å². The average Bonchev–Trinajstić information content (AvgIpc) is 1.75. The minimum absolute atomic E-state index is 0.0343. The van der Waals surface area contributed by atoms with Crippen LogP contribution in [0.25, 0.3) is 0 Å². The number of nitrogens with two attached hydrogens (primary N) is 2. The summed E-state index contributed by atoms with van der Waals surface area (Å²) in [5, 5.41) is 59.4. The van der Waals surface area contributed by atoms with Crippen LogP contribution < -0.4 is 48.7 Å². The van der Waals surface area contributed by atoms with Gasteiger partial charge in [0.1, 0.15) is 41.7 Å². The molecule has 4 saturated heterocycles. The quantitative estimate of drug-likeness (QED) is 0.0833. The number of phenolic OH excluding ortho intramolecular Hbond substituents is 2. The molecule has 31 nitrogen and oxygen atoms in total. The molecule has 564 valence electrons. The molecule has 14 atom stereocenters. The second kappa shape index (κ2) is 41.9. The smallest absolute Gasteiger partial charge is 0.309 e. The van der Waals surface area contributed by atoms with E-state index in [1.807, 2.05) is 0 Å². The van der Waals surface area contributed by atoms with Gasteiger partial charge >= 0.3 is 11.9 Å². The molecular weight excluding hydrogens is 1460 g/mol. The lowest BCUT2D eigenvalue weighted by atomic mass is 9.89. The Morgan fingerprint density at radius 3 is 1.78 bits per heavy atom. The van der Waals surface area contributed by atoms with E-state index >= 15 is 9.59 Å². The molecule has 0 aromatic heterocycles. The second-order valence-corrected chi connectivity index (χ2v) is 33.0. The number of amides is 9. The number of ketones is 5. The zero-order valence-electron chi connectivity index (χ0n) is 56.8. The number of hydrogen-bond donors (Lipinski definition) is 13. The number of benzene rings is 2. The van der Waals surface area contributed by atoms with Crippen LogP contribution in [0.5, 0.6) is 11.5 Å². The number of carbonyl (C=O) groups excluding carboxylic acids is 15. The van der Waals surface area contributed by atoms with Gasteiger partial charge in [-0.15, -0.1) is 0 Å². The van der Waals surface area contributed by atoms with E-state index in [9.17, 15) is 87.5 Å². The lowest BCUT2D eigenvalue weighted by Crippen LogP contribution is -2.60. The number of esters is 1. The molecule has 2 aromatic rings. The molecule has 0 spiro atoms. The number of fused-ring (bicyclic) bond motifs is 20. The Morgan fingerprint density at radius 1 is 0.621 bits per heavy atom. The van der Waals surface area contributed by atoms with Crippen LogP contribution in [0.1, 0.15) is 103 Å². The third-order valence-electron chi connectivity index (χ3n) is 17.3. The molecule has 2 aromatic carbocycles. The number of carboxylic acids is 1. The maximum Gasteiger partial charge on any atom is 0.309 e. The van der Waals surface area contributed by atoms with Gasteiger partial charge in [-0.25, -0.2) is 0 Å². The number of aliphatic hydroxyl groups excluding tert-OH is 1. The van der Waals surface area contributed by atoms with Crippen molar-refractivity contribution in [1.82, 2.24) is 42.1 Å². The summed E-state index contributed by atoms with van der Waals surface area (Å²) in [4.78, 5) is 230. The fraction of sp³-hybridized carbons (Fsp3) is 0.576. The van der Waals surface area contributed by atoms with Gasteiger partial charge in [-0.05, 0) is 88.3 Å². The Bertz CT molecular complexity index is 3430. The van der Waals surface area contributed by atoms with Crippen molar-refractivity contribution in [3.05, 3.63) is 59.7 Å². The first kappa shape index (κ1) is 84.5. The number of aliphatic hydroxyl groups is 1. The van der Waals surface area contributed by atoms with E-state index in [-0.39, 0.29) is 73.3 Å². The first-order valence-electron chi connectivity index (χ1n) is 33.4. The highest BCUT2D eigenvalue weighted by molar-refractivity contribution is 8.77. The molecule has 0 radical (unpaired) electrons. The molecule has 9 amide bonds. The molecule has 0 saturated carbocycles. The highest BCUT2D eigenvalue weighted by Crippen LogP contribution is 2.32. The highest BCUT2D eigenvalue weighted by atomic mass is 33.1. The second-order valence-electron chi connectivity index (χ2n) is 25.4. The summed E-state index contributed by atoms with van der Waals surface area (Å²) in [6, 6.07) is -2.92. The summed E-state index contributed by atoms with van der Waals surface area (Å²) >= 11 is 0. The number of Topliss-reactive ketones (excluding diaryl/α,β-unsaturated/α-hetero) is 5. The van der Waals surface area contributed by atoms with Gasteiger partial charge in [0.2, 0.25) is 53.2 Å². The number of nitrogens with one attached hydrogen (secondary N) is 7. The lowest BCUT2D eigenvalue weighted by molar-refractivity contribution is -0.149. The van der Waals surface area contributed by atoms with Crippen LogP contribution in [0.3, 0.4) is 0 Å². The molecule has 15 N–H and O–H groups in total. The van der Waals surface area contributed by atoms with Crippen LogP contribution in [0.15, 0.2) is 48.5 Å². The largest absolute Gasteiger partial charge is 0.508 e. The van der Waals surface area contributed by atoms with E-state index in [1.165, 1.54) is 62.4 Å². The standard InChI is InChI=1S/C66H88N10O21S6/c1-4-97-66(96)38(21-36-9-13-42(79)14-10-36)23-54(84)46-30-101-103-31-47-63(93)74-48-32-102-100-29-43(67)52(82)25-40(60(90)71-44(15-18-57(87)88)53(83)22-37(59(89)73-47)20-35-7-11-41(78)12-8-35)28-99-98-27-39(61(91)75-58(34(3)77)50(80)16-17-56(86)70-46)24-51(81)33(2)69-64(94)49-6-5-19-76(49)65(95)45(26-55(68)85)72-62(48)92/h7-14,33-34,37-40,43-49,58,77-79H,4-6,15-32,67H2,1-3H3,(H2,68,85)(H,69,94)(H,70,86)(H,71,90)(H,72,92)(H,73,89)(H,74,93)(H,75,91)(H,87,88)/t33-,34-,37+,38+,39-,40-,43-,44-,45-,46+,47+,48-,49?,58-/m0/s1. The number of primary amides is 1. The monoisotopic (exact) mass is 1550 g/mol. The van der Waals surface area contributed by atoms with Gasteiger partial charge in [-0.2, -0.15) is 0 Å². The van der Waals surface area contributed by atoms with E-state index in [0.717, 1.165) is 69.7 Å². The predicted octanol–water partition coefficient (Wildman–Crippen LogP) is 0.135. The number of aliphatic carboxylic acids is 1. The van der Waals surface area contributed by atoms with Gasteiger partial charge < -0.3 is 78.7 Å². The van der Waals surface area contributed by atoms with Crippen molar-refractivity contribution in [3.8, 4) is 11.5 Å². The summed E-state index contributed by atoms with van der Waals surface area (Å²) in [6.45, 7) is 3.86. The molecule has 103 heavy (non-hydrogen) atoms. The van der Waals surface area contributed by atoms with Crippen LogP contribution in [0, 0.1) is 23.7 Å². The van der Waals surface area contributed by atoms with E-state index in [1.54, 1.807) is 6.92 Å². The maximum atomic E-state index is 15.2. The summed E-state index contributed by atoms with van der Waals surface area (Å²) in [7, 11) is 5.40. The number of carbonyl (C=O) groups is 16. The molecule has 37 heteroatoms. The zero-order valence-corrected chi connectivity index (χ0v) is 61.7. The van der Waals surface area contributed by atoms with E-state index in [0.29, 0.717) is 11.1 Å². The Hall–Kier alpha value is -7.42. The van der Waals surface area contributed by atoms with Crippen molar-refractivity contribution in [2.75, 3.05) is 47.7 Å². The topological polar surface area (TPSA) is 503 Å². The Kier molecular flexibility index (Phi) is 34.4. The van der Waals surface area contributed by atoms with Gasteiger partial charge in [0.25, 0.3) is 0 Å². The summed E-state index contributed by atoms with van der Waals surface area (Å²) in [5.74, 6) is -22.8. The third-order valence-corrected chi connectivity index (χ3v) is 24.7. The average molecular weight is 1550 g/mol. The number of nitrogens with zero attached hydrogens (tertiary/aromatic N) is 1. The highest BCUT2D eigenvalue weighted by Gasteiger charge is 2.42. The molecule has 4 fully saturated rings. The molecule has 1 unspecified atom stereocenters. The Balaban J connectivity index is 1.56. The van der Waals surface area contributed by atoms with Crippen LogP contribution in [0.2, 0.25) is 0 Å². The van der Waals surface area contributed by atoms with Crippen LogP contribution >= 0.6 is 64.8 Å². The van der Waals surface area contributed by atoms with Crippen molar-refractivity contribution < 1.29 is 102 Å². The lowest BCUT2D eigenvalue weighted by Gasteiger charge is -2.30. The van der Waals surface area contributed by atoms with Crippen molar-refractivity contribution in [3.63, 3.8) is 0 Å².